The summed E-state index contributed by atoms with van der Waals surface area (Å²) in [6, 6.07) is 0. The average Bonchev–Trinajstić information content (AvgIpc) is 2.22. The average molecular weight is 173 g/mol. The van der Waals surface area contributed by atoms with Crippen molar-refractivity contribution in [2.75, 3.05) is 13.2 Å². The summed E-state index contributed by atoms with van der Waals surface area (Å²) in [5.41, 5.74) is -0.125. The van der Waals surface area contributed by atoms with E-state index in [0.717, 1.165) is 19.6 Å². The van der Waals surface area contributed by atoms with Gasteiger partial charge in [0.2, 0.25) is 5.23 Å². The zero-order valence-electron chi connectivity index (χ0n) is 6.42. The molecule has 0 radical (unpaired) electrons. The van der Waals surface area contributed by atoms with E-state index in [1.54, 1.807) is 0 Å². The van der Waals surface area contributed by atoms with Gasteiger partial charge in [0.1, 0.15) is 5.60 Å². The Morgan fingerprint density at radius 3 is 3.27 bits per heavy atom. The molecule has 4 heteroatoms. The van der Waals surface area contributed by atoms with E-state index in [4.69, 9.17) is 14.9 Å². The molecule has 3 nitrogen and oxygen atoms in total. The first-order valence-corrected chi connectivity index (χ1v) is 4.61. The van der Waals surface area contributed by atoms with E-state index < -0.39 is 0 Å². The van der Waals surface area contributed by atoms with Gasteiger partial charge in [-0.1, -0.05) is 11.8 Å². The maximum Gasteiger partial charge on any atom is 0.243 e. The largest absolute Gasteiger partial charge is 0.466 e. The third-order valence-electron chi connectivity index (χ3n) is 2.27. The summed E-state index contributed by atoms with van der Waals surface area (Å²) in [6.07, 6.45) is 0.910. The Bertz CT molecular complexity index is 197. The van der Waals surface area contributed by atoms with Gasteiger partial charge >= 0.3 is 0 Å². The Kier molecular flexibility index (Phi) is 1.61. The molecule has 2 heterocycles. The summed E-state index contributed by atoms with van der Waals surface area (Å²) >= 11 is 1.48. The molecule has 2 aliphatic rings. The fourth-order valence-electron chi connectivity index (χ4n) is 1.44. The molecule has 0 aromatic heterocycles. The number of thioether (sulfide) groups is 1. The predicted octanol–water partition coefficient (Wildman–Crippen LogP) is 1.23. The molecule has 2 fully saturated rings. The van der Waals surface area contributed by atoms with E-state index >= 15 is 0 Å². The standard InChI is InChI=1S/C7H11NO2S/c1-7-2-3-9-4-5(7)11-6(8)10-7/h5,8H,2-4H2,1H3. The highest BCUT2D eigenvalue weighted by atomic mass is 32.2. The molecule has 2 rings (SSSR count). The van der Waals surface area contributed by atoms with Crippen LogP contribution in [-0.4, -0.2) is 29.3 Å². The topological polar surface area (TPSA) is 42.3 Å². The van der Waals surface area contributed by atoms with Crippen LogP contribution < -0.4 is 0 Å². The maximum atomic E-state index is 7.35. The molecule has 0 aliphatic carbocycles. The fraction of sp³-hybridized carbons (Fsp3) is 0.857. The van der Waals surface area contributed by atoms with Crippen LogP contribution in [0.2, 0.25) is 0 Å². The van der Waals surface area contributed by atoms with Crippen LogP contribution in [0.1, 0.15) is 13.3 Å². The van der Waals surface area contributed by atoms with Gasteiger partial charge in [-0.2, -0.15) is 0 Å². The number of rotatable bonds is 0. The molecule has 0 saturated carbocycles. The number of nitrogens with one attached hydrogen (secondary N) is 1. The molecule has 2 aliphatic heterocycles. The highest BCUT2D eigenvalue weighted by Crippen LogP contribution is 2.41. The van der Waals surface area contributed by atoms with Crippen LogP contribution in [-0.2, 0) is 9.47 Å². The third-order valence-corrected chi connectivity index (χ3v) is 3.48. The molecule has 62 valence electrons. The van der Waals surface area contributed by atoms with Crippen molar-refractivity contribution >= 4 is 17.0 Å². The van der Waals surface area contributed by atoms with E-state index in [9.17, 15) is 0 Å². The lowest BCUT2D eigenvalue weighted by Crippen LogP contribution is -2.43. The molecule has 1 N–H and O–H groups in total. The molecule has 0 bridgehead atoms. The van der Waals surface area contributed by atoms with Crippen molar-refractivity contribution in [1.29, 1.82) is 5.41 Å². The Labute approximate surface area is 70.0 Å². The minimum atomic E-state index is -0.125. The summed E-state index contributed by atoms with van der Waals surface area (Å²) in [6.45, 7) is 3.55. The molecular weight excluding hydrogens is 162 g/mol. The van der Waals surface area contributed by atoms with Crippen molar-refractivity contribution < 1.29 is 9.47 Å². The minimum absolute atomic E-state index is 0.125. The molecular formula is C7H11NO2S. The van der Waals surface area contributed by atoms with Crippen LogP contribution >= 0.6 is 11.8 Å². The van der Waals surface area contributed by atoms with Crippen LogP contribution in [0.25, 0.3) is 0 Å². The molecule has 0 aromatic carbocycles. The van der Waals surface area contributed by atoms with E-state index in [1.807, 2.05) is 0 Å². The van der Waals surface area contributed by atoms with Crippen molar-refractivity contribution in [3.8, 4) is 0 Å². The Hall–Kier alpha value is -0.220. The van der Waals surface area contributed by atoms with Gasteiger partial charge in [0.15, 0.2) is 0 Å². The van der Waals surface area contributed by atoms with E-state index in [2.05, 4.69) is 6.92 Å². The Morgan fingerprint density at radius 2 is 2.55 bits per heavy atom. The molecule has 2 atom stereocenters. The van der Waals surface area contributed by atoms with Gasteiger partial charge in [0, 0.05) is 6.42 Å². The Balaban J connectivity index is 2.17. The summed E-state index contributed by atoms with van der Waals surface area (Å²) in [5, 5.41) is 8.04. The number of ether oxygens (including phenoxy) is 2. The van der Waals surface area contributed by atoms with Crippen LogP contribution in [0.15, 0.2) is 0 Å². The van der Waals surface area contributed by atoms with Crippen LogP contribution in [0.3, 0.4) is 0 Å². The maximum absolute atomic E-state index is 7.35. The van der Waals surface area contributed by atoms with Crippen molar-refractivity contribution in [3.63, 3.8) is 0 Å². The molecule has 0 amide bonds. The van der Waals surface area contributed by atoms with Gasteiger partial charge in [-0.05, 0) is 6.92 Å². The first kappa shape index (κ1) is 7.43. The minimum Gasteiger partial charge on any atom is -0.466 e. The normalized spacial score (nSPS) is 43.4. The Morgan fingerprint density at radius 1 is 1.73 bits per heavy atom. The van der Waals surface area contributed by atoms with Gasteiger partial charge in [-0.25, -0.2) is 0 Å². The number of hydrogen-bond acceptors (Lipinski definition) is 4. The van der Waals surface area contributed by atoms with E-state index in [0.29, 0.717) is 10.5 Å². The lowest BCUT2D eigenvalue weighted by Gasteiger charge is -2.32. The number of hydrogen-bond donors (Lipinski definition) is 1. The second-order valence-corrected chi connectivity index (χ2v) is 4.31. The van der Waals surface area contributed by atoms with Crippen molar-refractivity contribution in [2.45, 2.75) is 24.2 Å². The third kappa shape index (κ3) is 1.14. The zero-order chi connectivity index (χ0) is 7.90. The monoisotopic (exact) mass is 173 g/mol. The smallest absolute Gasteiger partial charge is 0.243 e. The van der Waals surface area contributed by atoms with Crippen LogP contribution in [0.5, 0.6) is 0 Å². The second-order valence-electron chi connectivity index (χ2n) is 3.13. The molecule has 11 heavy (non-hydrogen) atoms. The summed E-state index contributed by atoms with van der Waals surface area (Å²) in [7, 11) is 0. The lowest BCUT2D eigenvalue weighted by atomic mass is 9.96. The highest BCUT2D eigenvalue weighted by Gasteiger charge is 2.46. The van der Waals surface area contributed by atoms with Crippen molar-refractivity contribution in [1.82, 2.24) is 0 Å². The zero-order valence-corrected chi connectivity index (χ0v) is 7.24. The summed E-state index contributed by atoms with van der Waals surface area (Å²) in [4.78, 5) is 0. The SMILES string of the molecule is CC12CCOCC1SC(=N)O2. The first-order valence-electron chi connectivity index (χ1n) is 3.73. The second kappa shape index (κ2) is 2.38. The molecule has 2 unspecified atom stereocenters. The van der Waals surface area contributed by atoms with Crippen LogP contribution in [0.4, 0.5) is 0 Å². The van der Waals surface area contributed by atoms with Crippen LogP contribution in [0, 0.1) is 5.41 Å². The fourth-order valence-corrected chi connectivity index (χ4v) is 2.52. The van der Waals surface area contributed by atoms with Crippen molar-refractivity contribution in [3.05, 3.63) is 0 Å². The van der Waals surface area contributed by atoms with Gasteiger partial charge < -0.3 is 9.47 Å². The van der Waals surface area contributed by atoms with E-state index in [-0.39, 0.29) is 5.60 Å². The van der Waals surface area contributed by atoms with Crippen molar-refractivity contribution in [2.24, 2.45) is 0 Å². The molecule has 0 spiro atoms. The highest BCUT2D eigenvalue weighted by molar-refractivity contribution is 8.14. The van der Waals surface area contributed by atoms with Gasteiger partial charge in [-0.3, -0.25) is 5.41 Å². The quantitative estimate of drug-likeness (QED) is 0.599. The first-order chi connectivity index (χ1) is 5.21. The lowest BCUT2D eigenvalue weighted by molar-refractivity contribution is -0.0256. The van der Waals surface area contributed by atoms with Gasteiger partial charge in [0.05, 0.1) is 18.5 Å². The predicted molar refractivity (Wildman–Crippen MR) is 44.0 cm³/mol. The van der Waals surface area contributed by atoms with Gasteiger partial charge in [-0.15, -0.1) is 0 Å². The number of fused-ring (bicyclic) bond motifs is 1. The molecule has 0 aromatic rings. The van der Waals surface area contributed by atoms with Gasteiger partial charge in [0.25, 0.3) is 0 Å². The van der Waals surface area contributed by atoms with E-state index in [1.165, 1.54) is 11.8 Å². The summed E-state index contributed by atoms with van der Waals surface area (Å²) in [5.74, 6) is 0. The summed E-state index contributed by atoms with van der Waals surface area (Å²) < 4.78 is 10.7. The molecule has 2 saturated heterocycles.